The Balaban J connectivity index is 2.78. The fraction of sp³-hybridized carbons (Fsp3) is 0.250. The van der Waals surface area contributed by atoms with Gasteiger partial charge in [0, 0.05) is 4.47 Å². The molecule has 0 spiro atoms. The summed E-state index contributed by atoms with van der Waals surface area (Å²) >= 11 is 3.55. The van der Waals surface area contributed by atoms with E-state index in [0.29, 0.717) is 0 Å². The minimum Gasteiger partial charge on any atom is -0.0961 e. The molecule has 2 heteroatoms. The molecular weight excluding hydrogens is 283 g/mol. The first kappa shape index (κ1) is 13.4. The van der Waals surface area contributed by atoms with Gasteiger partial charge >= 0.3 is 0 Å². The molecule has 2 aromatic carbocycles. The van der Waals surface area contributed by atoms with Gasteiger partial charge in [-0.25, -0.2) is 0 Å². The highest BCUT2D eigenvalue weighted by atomic mass is 79.9. The second-order valence-corrected chi connectivity index (χ2v) is 5.86. The van der Waals surface area contributed by atoms with E-state index >= 15 is 0 Å². The first-order chi connectivity index (χ1) is 8.40. The van der Waals surface area contributed by atoms with Crippen molar-refractivity contribution in [3.63, 3.8) is 0 Å². The van der Waals surface area contributed by atoms with Gasteiger partial charge in [0.25, 0.3) is 0 Å². The maximum absolute atomic E-state index is 5.90. The highest BCUT2D eigenvalue weighted by Gasteiger charge is 2.12. The summed E-state index contributed by atoms with van der Waals surface area (Å²) in [4.78, 5) is 0. The first-order valence-corrected chi connectivity index (χ1v) is 6.83. The van der Waals surface area contributed by atoms with Gasteiger partial charge in [-0.3, -0.25) is 0 Å². The fourth-order valence-electron chi connectivity index (χ4n) is 2.70. The SMILES string of the molecule is [B]c1cc(C)c(-c2c(C)cc(Br)cc2C)c(C)c1. The molecule has 0 N–H and O–H groups in total. The van der Waals surface area contributed by atoms with Crippen LogP contribution < -0.4 is 5.46 Å². The van der Waals surface area contributed by atoms with Crippen molar-refractivity contribution in [3.05, 3.63) is 51.0 Å². The second-order valence-electron chi connectivity index (χ2n) is 4.94. The third-order valence-corrected chi connectivity index (χ3v) is 3.76. The molecule has 2 radical (unpaired) electrons. The molecule has 0 amide bonds. The number of halogens is 1. The standard InChI is InChI=1S/C16H16BBr/c1-9-5-13(17)6-10(2)15(9)16-11(3)7-14(18)8-12(16)4/h5-8H,1-4H3. The average Bonchev–Trinajstić information content (AvgIpc) is 2.20. The molecule has 0 unspecified atom stereocenters. The molecule has 0 atom stereocenters. The number of hydrogen-bond donors (Lipinski definition) is 0. The van der Waals surface area contributed by atoms with Gasteiger partial charge in [-0.15, -0.1) is 0 Å². The molecule has 2 aromatic rings. The Labute approximate surface area is 119 Å². The molecular formula is C16H16BBr. The van der Waals surface area contributed by atoms with Gasteiger partial charge in [0.15, 0.2) is 0 Å². The summed E-state index contributed by atoms with van der Waals surface area (Å²) in [5.41, 5.74) is 8.53. The zero-order valence-electron chi connectivity index (χ0n) is 11.3. The predicted octanol–water partition coefficient (Wildman–Crippen LogP) is 4.14. The van der Waals surface area contributed by atoms with Crippen LogP contribution in [0.4, 0.5) is 0 Å². The lowest BCUT2D eigenvalue weighted by Gasteiger charge is -2.17. The summed E-state index contributed by atoms with van der Waals surface area (Å²) in [6.07, 6.45) is 0. The molecule has 0 fully saturated rings. The zero-order valence-corrected chi connectivity index (χ0v) is 12.9. The summed E-state index contributed by atoms with van der Waals surface area (Å²) in [6, 6.07) is 8.42. The molecule has 2 rings (SSSR count). The van der Waals surface area contributed by atoms with E-state index in [4.69, 9.17) is 7.85 Å². The van der Waals surface area contributed by atoms with Gasteiger partial charge in [-0.2, -0.15) is 0 Å². The number of aryl methyl sites for hydroxylation is 4. The van der Waals surface area contributed by atoms with Crippen molar-refractivity contribution in [2.75, 3.05) is 0 Å². The molecule has 0 bridgehead atoms. The molecule has 0 aliphatic rings. The third kappa shape index (κ3) is 2.39. The quantitative estimate of drug-likeness (QED) is 0.694. The Bertz CT molecular complexity index is 513. The Morgan fingerprint density at radius 2 is 1.06 bits per heavy atom. The maximum Gasteiger partial charge on any atom is 0.113 e. The van der Waals surface area contributed by atoms with E-state index in [2.05, 4.69) is 55.8 Å². The molecule has 0 aliphatic heterocycles. The van der Waals surface area contributed by atoms with E-state index < -0.39 is 0 Å². The lowest BCUT2D eigenvalue weighted by molar-refractivity contribution is 1.31. The highest BCUT2D eigenvalue weighted by Crippen LogP contribution is 2.34. The summed E-state index contributed by atoms with van der Waals surface area (Å²) < 4.78 is 1.13. The molecule has 0 saturated heterocycles. The van der Waals surface area contributed by atoms with E-state index in [0.717, 1.165) is 9.94 Å². The van der Waals surface area contributed by atoms with Crippen LogP contribution >= 0.6 is 15.9 Å². The minimum absolute atomic E-state index is 0.834. The summed E-state index contributed by atoms with van der Waals surface area (Å²) in [7, 11) is 5.90. The van der Waals surface area contributed by atoms with Crippen molar-refractivity contribution in [3.8, 4) is 11.1 Å². The van der Waals surface area contributed by atoms with Crippen molar-refractivity contribution in [1.29, 1.82) is 0 Å². The summed E-state index contributed by atoms with van der Waals surface area (Å²) in [5.74, 6) is 0. The van der Waals surface area contributed by atoms with Crippen LogP contribution in [0.5, 0.6) is 0 Å². The summed E-state index contributed by atoms with van der Waals surface area (Å²) in [6.45, 7) is 8.56. The first-order valence-electron chi connectivity index (χ1n) is 6.04. The highest BCUT2D eigenvalue weighted by molar-refractivity contribution is 9.10. The van der Waals surface area contributed by atoms with E-state index in [1.165, 1.54) is 33.4 Å². The topological polar surface area (TPSA) is 0 Å². The van der Waals surface area contributed by atoms with Gasteiger partial charge in [0.2, 0.25) is 0 Å². The molecule has 0 nitrogen and oxygen atoms in total. The van der Waals surface area contributed by atoms with Crippen LogP contribution in [0.3, 0.4) is 0 Å². The van der Waals surface area contributed by atoms with Crippen LogP contribution in [0.15, 0.2) is 28.7 Å². The lowest BCUT2D eigenvalue weighted by Crippen LogP contribution is -2.06. The van der Waals surface area contributed by atoms with Crippen molar-refractivity contribution < 1.29 is 0 Å². The van der Waals surface area contributed by atoms with Crippen LogP contribution in [0.1, 0.15) is 22.3 Å². The maximum atomic E-state index is 5.90. The van der Waals surface area contributed by atoms with E-state index in [-0.39, 0.29) is 0 Å². The Kier molecular flexibility index (Phi) is 3.67. The van der Waals surface area contributed by atoms with Crippen molar-refractivity contribution >= 4 is 29.2 Å². The monoisotopic (exact) mass is 298 g/mol. The van der Waals surface area contributed by atoms with Crippen LogP contribution in [0, 0.1) is 27.7 Å². The van der Waals surface area contributed by atoms with Crippen LogP contribution in [0.25, 0.3) is 11.1 Å². The van der Waals surface area contributed by atoms with Gasteiger partial charge in [-0.05, 0) is 73.2 Å². The van der Waals surface area contributed by atoms with E-state index in [1.807, 2.05) is 12.1 Å². The molecule has 90 valence electrons. The Morgan fingerprint density at radius 1 is 0.722 bits per heavy atom. The smallest absolute Gasteiger partial charge is 0.0961 e. The number of hydrogen-bond acceptors (Lipinski definition) is 0. The van der Waals surface area contributed by atoms with Gasteiger partial charge in [0.05, 0.1) is 0 Å². The number of benzene rings is 2. The molecule has 0 aliphatic carbocycles. The van der Waals surface area contributed by atoms with Crippen molar-refractivity contribution in [2.45, 2.75) is 27.7 Å². The van der Waals surface area contributed by atoms with Crippen LogP contribution in [-0.4, -0.2) is 7.85 Å². The Morgan fingerprint density at radius 3 is 1.44 bits per heavy atom. The molecule has 0 saturated carbocycles. The number of rotatable bonds is 1. The lowest BCUT2D eigenvalue weighted by atomic mass is 9.84. The van der Waals surface area contributed by atoms with Gasteiger partial charge < -0.3 is 0 Å². The summed E-state index contributed by atoms with van der Waals surface area (Å²) in [5, 5.41) is 0. The van der Waals surface area contributed by atoms with Crippen molar-refractivity contribution in [1.82, 2.24) is 0 Å². The van der Waals surface area contributed by atoms with E-state index in [9.17, 15) is 0 Å². The van der Waals surface area contributed by atoms with Gasteiger partial charge in [-0.1, -0.05) is 33.5 Å². The zero-order chi connectivity index (χ0) is 13.4. The predicted molar refractivity (Wildman–Crippen MR) is 83.9 cm³/mol. The second kappa shape index (κ2) is 4.93. The largest absolute Gasteiger partial charge is 0.113 e. The van der Waals surface area contributed by atoms with Crippen LogP contribution in [-0.2, 0) is 0 Å². The fourth-order valence-corrected chi connectivity index (χ4v) is 3.38. The average molecular weight is 299 g/mol. The van der Waals surface area contributed by atoms with Crippen LogP contribution in [0.2, 0.25) is 0 Å². The molecule has 18 heavy (non-hydrogen) atoms. The third-order valence-electron chi connectivity index (χ3n) is 3.30. The molecule has 0 heterocycles. The minimum atomic E-state index is 0.834. The van der Waals surface area contributed by atoms with E-state index in [1.54, 1.807) is 0 Å². The Hall–Kier alpha value is -1.02. The normalized spacial score (nSPS) is 10.7. The van der Waals surface area contributed by atoms with Gasteiger partial charge in [0.1, 0.15) is 7.85 Å². The molecule has 0 aromatic heterocycles. The van der Waals surface area contributed by atoms with Crippen molar-refractivity contribution in [2.24, 2.45) is 0 Å².